The fraction of sp³-hybridized carbons (Fsp3) is 0.647. The Morgan fingerprint density at radius 3 is 2.81 bits per heavy atom. The number of hydrogen-bond acceptors (Lipinski definition) is 3. The molecule has 0 amide bonds. The van der Waals surface area contributed by atoms with Crippen molar-refractivity contribution < 1.29 is 14.2 Å². The Bertz CT molecular complexity index is 387. The molecular formula is C17H28FNO2. The maximum absolute atomic E-state index is 13.1. The second-order valence-corrected chi connectivity index (χ2v) is 5.47. The van der Waals surface area contributed by atoms with Crippen LogP contribution in [0.2, 0.25) is 0 Å². The van der Waals surface area contributed by atoms with Crippen LogP contribution >= 0.6 is 0 Å². The molecule has 0 spiro atoms. The Hall–Kier alpha value is -0.970. The molecule has 4 heteroatoms. The number of rotatable bonds is 11. The zero-order chi connectivity index (χ0) is 15.5. The number of hydrogen-bond donors (Lipinski definition) is 2. The minimum atomic E-state index is -0.535. The van der Waals surface area contributed by atoms with Crippen molar-refractivity contribution in [1.29, 1.82) is 0 Å². The van der Waals surface area contributed by atoms with Gasteiger partial charge in [0.1, 0.15) is 5.82 Å². The molecule has 0 saturated heterocycles. The monoisotopic (exact) mass is 297 g/mol. The number of ether oxygens (including phenoxy) is 1. The molecular weight excluding hydrogens is 269 g/mol. The van der Waals surface area contributed by atoms with E-state index < -0.39 is 6.10 Å². The van der Waals surface area contributed by atoms with Gasteiger partial charge in [-0.15, -0.1) is 0 Å². The summed E-state index contributed by atoms with van der Waals surface area (Å²) in [6, 6.07) is 6.50. The van der Waals surface area contributed by atoms with Gasteiger partial charge in [-0.25, -0.2) is 4.39 Å². The number of benzene rings is 1. The Morgan fingerprint density at radius 1 is 1.29 bits per heavy atom. The van der Waals surface area contributed by atoms with E-state index in [9.17, 15) is 9.50 Å². The van der Waals surface area contributed by atoms with Gasteiger partial charge in [-0.3, -0.25) is 0 Å². The van der Waals surface area contributed by atoms with E-state index in [1.165, 1.54) is 31.4 Å². The summed E-state index contributed by atoms with van der Waals surface area (Å²) in [5.74, 6) is -0.239. The van der Waals surface area contributed by atoms with Crippen LogP contribution in [-0.2, 0) is 4.74 Å². The fourth-order valence-electron chi connectivity index (χ4n) is 2.12. The first kappa shape index (κ1) is 18.1. The molecule has 3 nitrogen and oxygen atoms in total. The van der Waals surface area contributed by atoms with Gasteiger partial charge >= 0.3 is 0 Å². The summed E-state index contributed by atoms with van der Waals surface area (Å²) in [6.45, 7) is 5.61. The average molecular weight is 297 g/mol. The Labute approximate surface area is 127 Å². The van der Waals surface area contributed by atoms with Crippen LogP contribution in [-0.4, -0.2) is 31.0 Å². The smallest absolute Gasteiger partial charge is 0.123 e. The first-order valence-corrected chi connectivity index (χ1v) is 7.88. The molecule has 0 aliphatic rings. The Kier molecular flexibility index (Phi) is 9.22. The highest BCUT2D eigenvalue weighted by Gasteiger charge is 2.09. The van der Waals surface area contributed by atoms with Crippen LogP contribution < -0.4 is 5.32 Å². The molecule has 1 aromatic rings. The predicted molar refractivity (Wildman–Crippen MR) is 83.8 cm³/mol. The summed E-state index contributed by atoms with van der Waals surface area (Å²) in [4.78, 5) is 0. The molecule has 2 N–H and O–H groups in total. The minimum absolute atomic E-state index is 0.0000887. The first-order valence-electron chi connectivity index (χ1n) is 7.88. The Balaban J connectivity index is 2.13. The van der Waals surface area contributed by atoms with Crippen LogP contribution in [0.4, 0.5) is 4.39 Å². The molecule has 120 valence electrons. The van der Waals surface area contributed by atoms with E-state index >= 15 is 0 Å². The van der Waals surface area contributed by atoms with E-state index in [1.807, 2.05) is 13.0 Å². The van der Waals surface area contributed by atoms with Crippen LogP contribution in [0.3, 0.4) is 0 Å². The maximum atomic E-state index is 13.1. The molecule has 0 radical (unpaired) electrons. The van der Waals surface area contributed by atoms with Crippen LogP contribution in [0.1, 0.15) is 51.1 Å². The summed E-state index contributed by atoms with van der Waals surface area (Å²) in [7, 11) is 0. The molecule has 1 rings (SSSR count). The maximum Gasteiger partial charge on any atom is 0.123 e. The zero-order valence-corrected chi connectivity index (χ0v) is 13.1. The molecule has 0 aromatic heterocycles. The van der Waals surface area contributed by atoms with Gasteiger partial charge in [-0.05, 0) is 31.0 Å². The standard InChI is InChI=1S/C17H28FNO2/c1-3-4-5-6-10-21-13-17(20)12-19-14(2)15-8-7-9-16(18)11-15/h7-9,11,14,17,19-20H,3-6,10,12-13H2,1-2H3/t14-,17?/m1/s1. The third-order valence-electron chi connectivity index (χ3n) is 3.46. The second kappa shape index (κ2) is 10.7. The van der Waals surface area contributed by atoms with Gasteiger partial charge in [0.2, 0.25) is 0 Å². The summed E-state index contributed by atoms with van der Waals surface area (Å²) in [5.41, 5.74) is 0.877. The molecule has 0 fully saturated rings. The molecule has 0 aliphatic heterocycles. The van der Waals surface area contributed by atoms with Crippen molar-refractivity contribution in [2.45, 2.75) is 51.7 Å². The lowest BCUT2D eigenvalue weighted by Crippen LogP contribution is -2.32. The largest absolute Gasteiger partial charge is 0.389 e. The highest BCUT2D eigenvalue weighted by molar-refractivity contribution is 5.19. The quantitative estimate of drug-likeness (QED) is 0.615. The number of halogens is 1. The van der Waals surface area contributed by atoms with E-state index in [4.69, 9.17) is 4.74 Å². The molecule has 21 heavy (non-hydrogen) atoms. The van der Waals surface area contributed by atoms with Gasteiger partial charge in [0.05, 0.1) is 12.7 Å². The average Bonchev–Trinajstić information content (AvgIpc) is 2.48. The van der Waals surface area contributed by atoms with E-state index in [-0.39, 0.29) is 11.9 Å². The first-order chi connectivity index (χ1) is 10.1. The zero-order valence-electron chi connectivity index (χ0n) is 13.1. The lowest BCUT2D eigenvalue weighted by molar-refractivity contribution is 0.0343. The lowest BCUT2D eigenvalue weighted by atomic mass is 10.1. The van der Waals surface area contributed by atoms with Crippen molar-refractivity contribution in [3.8, 4) is 0 Å². The number of unbranched alkanes of at least 4 members (excludes halogenated alkanes) is 3. The van der Waals surface area contributed by atoms with E-state index in [0.717, 1.165) is 12.0 Å². The summed E-state index contributed by atoms with van der Waals surface area (Å²) < 4.78 is 18.6. The van der Waals surface area contributed by atoms with E-state index in [2.05, 4.69) is 12.2 Å². The SMILES string of the molecule is CCCCCCOCC(O)CN[C@H](C)c1cccc(F)c1. The van der Waals surface area contributed by atoms with Crippen LogP contribution in [0.25, 0.3) is 0 Å². The molecule has 1 aromatic carbocycles. The van der Waals surface area contributed by atoms with Crippen LogP contribution in [0, 0.1) is 5.82 Å². The van der Waals surface area contributed by atoms with E-state index in [1.54, 1.807) is 6.07 Å². The summed E-state index contributed by atoms with van der Waals surface area (Å²) >= 11 is 0. The topological polar surface area (TPSA) is 41.5 Å². The summed E-state index contributed by atoms with van der Waals surface area (Å²) in [5, 5.41) is 13.0. The van der Waals surface area contributed by atoms with Gasteiger partial charge in [0.15, 0.2) is 0 Å². The number of aliphatic hydroxyl groups excluding tert-OH is 1. The molecule has 2 atom stereocenters. The molecule has 0 saturated carbocycles. The third-order valence-corrected chi connectivity index (χ3v) is 3.46. The lowest BCUT2D eigenvalue weighted by Gasteiger charge is -2.17. The Morgan fingerprint density at radius 2 is 2.10 bits per heavy atom. The van der Waals surface area contributed by atoms with Crippen molar-refractivity contribution in [3.05, 3.63) is 35.6 Å². The molecule has 0 aliphatic carbocycles. The van der Waals surface area contributed by atoms with Crippen molar-refractivity contribution >= 4 is 0 Å². The highest BCUT2D eigenvalue weighted by Crippen LogP contribution is 2.13. The van der Waals surface area contributed by atoms with Crippen molar-refractivity contribution in [2.24, 2.45) is 0 Å². The van der Waals surface area contributed by atoms with Gasteiger partial charge in [-0.1, -0.05) is 38.3 Å². The summed E-state index contributed by atoms with van der Waals surface area (Å²) in [6.07, 6.45) is 4.14. The van der Waals surface area contributed by atoms with Crippen molar-refractivity contribution in [3.63, 3.8) is 0 Å². The van der Waals surface area contributed by atoms with Gasteiger partial charge in [0, 0.05) is 19.2 Å². The van der Waals surface area contributed by atoms with Crippen molar-refractivity contribution in [1.82, 2.24) is 5.32 Å². The van der Waals surface area contributed by atoms with Gasteiger partial charge < -0.3 is 15.2 Å². The number of aliphatic hydroxyl groups is 1. The van der Waals surface area contributed by atoms with E-state index in [0.29, 0.717) is 19.8 Å². The third kappa shape index (κ3) is 8.15. The molecule has 1 unspecified atom stereocenters. The van der Waals surface area contributed by atoms with Gasteiger partial charge in [0.25, 0.3) is 0 Å². The minimum Gasteiger partial charge on any atom is -0.389 e. The normalized spacial score (nSPS) is 14.1. The molecule has 0 heterocycles. The molecule has 0 bridgehead atoms. The highest BCUT2D eigenvalue weighted by atomic mass is 19.1. The van der Waals surface area contributed by atoms with Crippen LogP contribution in [0.15, 0.2) is 24.3 Å². The van der Waals surface area contributed by atoms with Gasteiger partial charge in [-0.2, -0.15) is 0 Å². The second-order valence-electron chi connectivity index (χ2n) is 5.47. The van der Waals surface area contributed by atoms with Crippen molar-refractivity contribution in [2.75, 3.05) is 19.8 Å². The predicted octanol–water partition coefficient (Wildman–Crippen LogP) is 3.43. The van der Waals surface area contributed by atoms with Crippen LogP contribution in [0.5, 0.6) is 0 Å². The fourth-order valence-corrected chi connectivity index (χ4v) is 2.12. The number of nitrogens with one attached hydrogen (secondary N) is 1.